The van der Waals surface area contributed by atoms with Gasteiger partial charge in [-0.3, -0.25) is 14.5 Å². The molecule has 4 atom stereocenters. The third-order valence-corrected chi connectivity index (χ3v) is 10.3. The van der Waals surface area contributed by atoms with E-state index in [-0.39, 0.29) is 17.8 Å². The van der Waals surface area contributed by atoms with Gasteiger partial charge in [0.2, 0.25) is 0 Å². The van der Waals surface area contributed by atoms with E-state index in [0.717, 1.165) is 55.8 Å². The maximum atomic E-state index is 13.2. The minimum atomic E-state index is -0.990. The van der Waals surface area contributed by atoms with Crippen LogP contribution in [-0.4, -0.2) is 52.6 Å². The Bertz CT molecular complexity index is 1070. The summed E-state index contributed by atoms with van der Waals surface area (Å²) in [4.78, 5) is 28.5. The van der Waals surface area contributed by atoms with E-state index in [9.17, 15) is 14.7 Å². The lowest BCUT2D eigenvalue weighted by molar-refractivity contribution is -0.188. The molecule has 1 aromatic carbocycles. The molecule has 5 aliphatic rings. The van der Waals surface area contributed by atoms with Crippen LogP contribution in [0.25, 0.3) is 0 Å². The van der Waals surface area contributed by atoms with Crippen LogP contribution in [0.3, 0.4) is 0 Å². The van der Waals surface area contributed by atoms with E-state index in [0.29, 0.717) is 37.2 Å². The van der Waals surface area contributed by atoms with Crippen molar-refractivity contribution in [1.82, 2.24) is 4.90 Å². The van der Waals surface area contributed by atoms with E-state index < -0.39 is 17.1 Å². The van der Waals surface area contributed by atoms with Crippen LogP contribution in [0.5, 0.6) is 11.5 Å². The lowest BCUT2D eigenvalue weighted by Crippen LogP contribution is -2.76. The standard InChI is InChI=1S/C32H45NO5/c1-2-3-4-5-6-7-8-9-10-11-27(35)37-25-15-14-23-20-26-32(36)17-16-24(34)30-31(32,28(23)29(25)38-30)18-19-33(26)21-22-12-13-22/h14-15,22,26,30,36H,2-13,16-21H2,1H3/t26?,30-,31-,32+/m0/s1. The van der Waals surface area contributed by atoms with E-state index in [4.69, 9.17) is 9.47 Å². The Morgan fingerprint density at radius 1 is 1.08 bits per heavy atom. The Kier molecular flexibility index (Phi) is 7.32. The molecule has 6 rings (SSSR count). The quantitative estimate of drug-likeness (QED) is 0.205. The van der Waals surface area contributed by atoms with Crippen molar-refractivity contribution in [2.75, 3.05) is 13.1 Å². The molecule has 6 nitrogen and oxygen atoms in total. The molecule has 2 aliphatic heterocycles. The summed E-state index contributed by atoms with van der Waals surface area (Å²) in [5, 5.41) is 12.4. The van der Waals surface area contributed by atoms with Crippen molar-refractivity contribution < 1.29 is 24.2 Å². The van der Waals surface area contributed by atoms with Crippen LogP contribution in [0.2, 0.25) is 0 Å². The number of piperidine rings is 1. The third kappa shape index (κ3) is 4.40. The van der Waals surface area contributed by atoms with Gasteiger partial charge in [-0.15, -0.1) is 0 Å². The van der Waals surface area contributed by atoms with Crippen LogP contribution in [0, 0.1) is 5.92 Å². The zero-order valence-electron chi connectivity index (χ0n) is 23.1. The van der Waals surface area contributed by atoms with Crippen molar-refractivity contribution in [1.29, 1.82) is 0 Å². The number of esters is 1. The SMILES string of the molecule is CCCCCCCCCCCC(=O)Oc1ccc2c3c1O[C@H]1C(=O)CC[C@@]4(O)C(C2)N(CC2CC2)CC[C@]314. The number of Topliss-reactive ketones (excluding diaryl/α,β-unsaturated/α-hetero) is 1. The van der Waals surface area contributed by atoms with Crippen molar-refractivity contribution >= 4 is 11.8 Å². The summed E-state index contributed by atoms with van der Waals surface area (Å²) in [6, 6.07) is 3.92. The summed E-state index contributed by atoms with van der Waals surface area (Å²) < 4.78 is 12.3. The van der Waals surface area contributed by atoms with Gasteiger partial charge in [-0.1, -0.05) is 64.4 Å². The lowest BCUT2D eigenvalue weighted by atomic mass is 9.49. The molecule has 6 heteroatoms. The number of rotatable bonds is 13. The fourth-order valence-electron chi connectivity index (χ4n) is 8.09. The van der Waals surface area contributed by atoms with Crippen LogP contribution >= 0.6 is 0 Å². The van der Waals surface area contributed by atoms with Gasteiger partial charge in [0.05, 0.1) is 11.0 Å². The van der Waals surface area contributed by atoms with E-state index >= 15 is 0 Å². The summed E-state index contributed by atoms with van der Waals surface area (Å²) in [5.41, 5.74) is 0.380. The molecular formula is C32H45NO5. The highest BCUT2D eigenvalue weighted by molar-refractivity contribution is 5.90. The smallest absolute Gasteiger partial charge is 0.311 e. The van der Waals surface area contributed by atoms with Crippen LogP contribution < -0.4 is 9.47 Å². The fraction of sp³-hybridized carbons (Fsp3) is 0.750. The highest BCUT2D eigenvalue weighted by Gasteiger charge is 2.73. The molecule has 1 N–H and O–H groups in total. The number of hydrogen-bond acceptors (Lipinski definition) is 6. The highest BCUT2D eigenvalue weighted by Crippen LogP contribution is 2.65. The number of carbonyl (C=O) groups is 2. The normalized spacial score (nSPS) is 31.2. The largest absolute Gasteiger partial charge is 0.477 e. The molecule has 208 valence electrons. The molecule has 0 aromatic heterocycles. The van der Waals surface area contributed by atoms with Gasteiger partial charge in [-0.05, 0) is 62.6 Å². The Hall–Kier alpha value is -1.92. The zero-order valence-corrected chi connectivity index (χ0v) is 23.1. The monoisotopic (exact) mass is 523 g/mol. The molecule has 3 aliphatic carbocycles. The summed E-state index contributed by atoms with van der Waals surface area (Å²) in [7, 11) is 0. The van der Waals surface area contributed by atoms with Crippen molar-refractivity contribution in [3.8, 4) is 11.5 Å². The number of benzene rings is 1. The highest BCUT2D eigenvalue weighted by atomic mass is 16.6. The van der Waals surface area contributed by atoms with E-state index in [2.05, 4.69) is 17.9 Å². The van der Waals surface area contributed by atoms with Crippen LogP contribution in [0.15, 0.2) is 12.1 Å². The van der Waals surface area contributed by atoms with Gasteiger partial charge in [0.1, 0.15) is 0 Å². The number of hydrogen-bond donors (Lipinski definition) is 1. The molecule has 38 heavy (non-hydrogen) atoms. The third-order valence-electron chi connectivity index (χ3n) is 10.3. The first-order valence-electron chi connectivity index (χ1n) is 15.5. The van der Waals surface area contributed by atoms with Crippen molar-refractivity contribution in [2.24, 2.45) is 5.92 Å². The number of likely N-dealkylation sites (tertiary alicyclic amines) is 1. The van der Waals surface area contributed by atoms with Crippen LogP contribution in [-0.2, 0) is 21.4 Å². The molecule has 1 unspecified atom stereocenters. The number of ketones is 1. The zero-order chi connectivity index (χ0) is 26.3. The number of ether oxygens (including phenoxy) is 2. The number of carbonyl (C=O) groups excluding carboxylic acids is 2. The average Bonchev–Trinajstić information content (AvgIpc) is 3.64. The molecule has 0 amide bonds. The molecule has 0 radical (unpaired) electrons. The molecule has 1 spiro atoms. The maximum absolute atomic E-state index is 13.2. The first-order chi connectivity index (χ1) is 18.5. The number of nitrogens with zero attached hydrogens (tertiary/aromatic N) is 1. The maximum Gasteiger partial charge on any atom is 0.311 e. The Balaban J connectivity index is 1.15. The van der Waals surface area contributed by atoms with E-state index in [1.165, 1.54) is 51.4 Å². The Morgan fingerprint density at radius 3 is 2.55 bits per heavy atom. The molecule has 2 saturated carbocycles. The van der Waals surface area contributed by atoms with E-state index in [1.807, 2.05) is 6.07 Å². The Labute approximate surface area is 227 Å². The second-order valence-electron chi connectivity index (χ2n) is 12.7. The molecule has 2 heterocycles. The van der Waals surface area contributed by atoms with Crippen molar-refractivity contribution in [3.05, 3.63) is 23.3 Å². The van der Waals surface area contributed by atoms with Crippen LogP contribution in [0.1, 0.15) is 114 Å². The van der Waals surface area contributed by atoms with Crippen molar-refractivity contribution in [3.63, 3.8) is 0 Å². The van der Waals surface area contributed by atoms with E-state index in [1.54, 1.807) is 0 Å². The molecule has 3 fully saturated rings. The summed E-state index contributed by atoms with van der Waals surface area (Å²) >= 11 is 0. The van der Waals surface area contributed by atoms with Gasteiger partial charge in [0, 0.05) is 31.0 Å². The first kappa shape index (κ1) is 26.3. The van der Waals surface area contributed by atoms with Gasteiger partial charge in [-0.25, -0.2) is 0 Å². The molecule has 1 saturated heterocycles. The summed E-state index contributed by atoms with van der Waals surface area (Å²) in [6.07, 6.45) is 15.4. The van der Waals surface area contributed by atoms with Crippen molar-refractivity contribution in [2.45, 2.75) is 133 Å². The number of aliphatic hydroxyl groups is 1. The second kappa shape index (κ2) is 10.6. The van der Waals surface area contributed by atoms with Gasteiger partial charge in [0.25, 0.3) is 0 Å². The minimum Gasteiger partial charge on any atom is -0.477 e. The fourth-order valence-corrected chi connectivity index (χ4v) is 8.09. The summed E-state index contributed by atoms with van der Waals surface area (Å²) in [6.45, 7) is 4.15. The Morgan fingerprint density at radius 2 is 1.82 bits per heavy atom. The van der Waals surface area contributed by atoms with Gasteiger partial charge >= 0.3 is 5.97 Å². The topological polar surface area (TPSA) is 76.1 Å². The summed E-state index contributed by atoms with van der Waals surface area (Å²) in [5.74, 6) is 1.53. The number of unbranched alkanes of at least 4 members (excludes halogenated alkanes) is 8. The van der Waals surface area contributed by atoms with Gasteiger partial charge in [0.15, 0.2) is 23.4 Å². The molecule has 2 bridgehead atoms. The average molecular weight is 524 g/mol. The lowest BCUT2D eigenvalue weighted by Gasteiger charge is -2.62. The van der Waals surface area contributed by atoms with Gasteiger partial charge in [-0.2, -0.15) is 0 Å². The molecule has 1 aromatic rings. The molecular weight excluding hydrogens is 478 g/mol. The predicted octanol–water partition coefficient (Wildman–Crippen LogP) is 5.65. The van der Waals surface area contributed by atoms with Crippen LogP contribution in [0.4, 0.5) is 0 Å². The minimum absolute atomic E-state index is 0.00884. The first-order valence-corrected chi connectivity index (χ1v) is 15.5. The van der Waals surface area contributed by atoms with Gasteiger partial charge < -0.3 is 14.6 Å². The predicted molar refractivity (Wildman–Crippen MR) is 146 cm³/mol. The second-order valence-corrected chi connectivity index (χ2v) is 12.7.